The molecule has 0 unspecified atom stereocenters. The molecule has 0 saturated heterocycles. The van der Waals surface area contributed by atoms with E-state index >= 15 is 0 Å². The number of ether oxygens (including phenoxy) is 2. The molecule has 168 valence electrons. The predicted molar refractivity (Wildman–Crippen MR) is 122 cm³/mol. The molecule has 1 fully saturated rings. The van der Waals surface area contributed by atoms with Crippen LogP contribution in [0.25, 0.3) is 0 Å². The standard InChI is InChI=1S/C26H30N2O4/c1-30-25-17-20(13-14-23(25)32-22-10-4-2-3-5-11-22)18-28(19-21-9-6-7-15-27-21)26(29)24-12-8-16-31-24/h6-9,12-17,22H,2-5,10-11,18-19H2,1H3. The topological polar surface area (TPSA) is 64.8 Å². The SMILES string of the molecule is COc1cc(CN(Cc2ccccn2)C(=O)c2ccco2)ccc1OC1CCCCCC1. The molecule has 3 aromatic rings. The van der Waals surface area contributed by atoms with Gasteiger partial charge in [0.15, 0.2) is 17.3 Å². The molecule has 0 N–H and O–H groups in total. The fraction of sp³-hybridized carbons (Fsp3) is 0.385. The maximum atomic E-state index is 13.1. The summed E-state index contributed by atoms with van der Waals surface area (Å²) in [5.41, 5.74) is 1.76. The third-order valence-corrected chi connectivity index (χ3v) is 5.80. The zero-order valence-corrected chi connectivity index (χ0v) is 18.5. The van der Waals surface area contributed by atoms with Gasteiger partial charge in [0.2, 0.25) is 0 Å². The average Bonchev–Trinajstić information content (AvgIpc) is 3.25. The molecule has 6 nitrogen and oxygen atoms in total. The zero-order chi connectivity index (χ0) is 22.2. The molecule has 1 saturated carbocycles. The van der Waals surface area contributed by atoms with Gasteiger partial charge in [-0.05, 0) is 67.6 Å². The van der Waals surface area contributed by atoms with E-state index in [0.717, 1.165) is 29.8 Å². The minimum absolute atomic E-state index is 0.182. The lowest BCUT2D eigenvalue weighted by Crippen LogP contribution is -2.30. The number of methoxy groups -OCH3 is 1. The highest BCUT2D eigenvalue weighted by Crippen LogP contribution is 2.32. The van der Waals surface area contributed by atoms with Crippen LogP contribution >= 0.6 is 0 Å². The molecule has 0 atom stereocenters. The van der Waals surface area contributed by atoms with E-state index in [1.54, 1.807) is 30.3 Å². The molecule has 1 aliphatic rings. The summed E-state index contributed by atoms with van der Waals surface area (Å²) in [6.45, 7) is 0.777. The molecular weight excluding hydrogens is 404 g/mol. The van der Waals surface area contributed by atoms with E-state index < -0.39 is 0 Å². The first-order valence-corrected chi connectivity index (χ1v) is 11.3. The van der Waals surface area contributed by atoms with Gasteiger partial charge in [-0.3, -0.25) is 9.78 Å². The van der Waals surface area contributed by atoms with E-state index in [-0.39, 0.29) is 12.0 Å². The van der Waals surface area contributed by atoms with Gasteiger partial charge >= 0.3 is 0 Å². The Morgan fingerprint density at radius 2 is 1.88 bits per heavy atom. The summed E-state index contributed by atoms with van der Waals surface area (Å²) in [5, 5.41) is 0. The summed E-state index contributed by atoms with van der Waals surface area (Å²) in [5.74, 6) is 1.58. The number of pyridine rings is 1. The first-order valence-electron chi connectivity index (χ1n) is 11.3. The first-order chi connectivity index (χ1) is 15.7. The Balaban J connectivity index is 1.52. The van der Waals surface area contributed by atoms with Gasteiger partial charge < -0.3 is 18.8 Å². The fourth-order valence-corrected chi connectivity index (χ4v) is 4.11. The van der Waals surface area contributed by atoms with Crippen LogP contribution in [0.3, 0.4) is 0 Å². The van der Waals surface area contributed by atoms with Gasteiger partial charge in [-0.1, -0.05) is 25.0 Å². The van der Waals surface area contributed by atoms with Crippen molar-refractivity contribution in [2.75, 3.05) is 7.11 Å². The Kier molecular flexibility index (Phi) is 7.43. The number of hydrogen-bond donors (Lipinski definition) is 0. The zero-order valence-electron chi connectivity index (χ0n) is 18.5. The van der Waals surface area contributed by atoms with Gasteiger partial charge in [0.05, 0.1) is 31.7 Å². The Morgan fingerprint density at radius 1 is 1.03 bits per heavy atom. The van der Waals surface area contributed by atoms with Gasteiger partial charge in [0.25, 0.3) is 5.91 Å². The van der Waals surface area contributed by atoms with Crippen molar-refractivity contribution < 1.29 is 18.7 Å². The number of benzene rings is 1. The Labute approximate surface area is 189 Å². The lowest BCUT2D eigenvalue weighted by molar-refractivity contribution is 0.0695. The van der Waals surface area contributed by atoms with Crippen molar-refractivity contribution >= 4 is 5.91 Å². The van der Waals surface area contributed by atoms with Crippen LogP contribution in [0, 0.1) is 0 Å². The highest BCUT2D eigenvalue weighted by atomic mass is 16.5. The molecule has 0 bridgehead atoms. The minimum atomic E-state index is -0.182. The Bertz CT molecular complexity index is 980. The molecule has 32 heavy (non-hydrogen) atoms. The normalized spacial score (nSPS) is 14.5. The van der Waals surface area contributed by atoms with Gasteiger partial charge in [-0.25, -0.2) is 0 Å². The molecular formula is C26H30N2O4. The summed E-state index contributed by atoms with van der Waals surface area (Å²) in [6, 6.07) is 15.0. The van der Waals surface area contributed by atoms with Crippen molar-refractivity contribution in [1.82, 2.24) is 9.88 Å². The largest absolute Gasteiger partial charge is 0.493 e. The molecule has 0 radical (unpaired) electrons. The second-order valence-corrected chi connectivity index (χ2v) is 8.18. The number of furan rings is 1. The molecule has 1 aromatic carbocycles. The average molecular weight is 435 g/mol. The van der Waals surface area contributed by atoms with Crippen molar-refractivity contribution in [3.8, 4) is 11.5 Å². The molecule has 4 rings (SSSR count). The number of carbonyl (C=O) groups excluding carboxylic acids is 1. The van der Waals surface area contributed by atoms with Crippen LogP contribution in [0.5, 0.6) is 11.5 Å². The summed E-state index contributed by atoms with van der Waals surface area (Å²) in [7, 11) is 1.65. The quantitative estimate of drug-likeness (QED) is 0.430. The molecule has 1 aliphatic carbocycles. The van der Waals surface area contributed by atoms with Crippen molar-refractivity contribution in [1.29, 1.82) is 0 Å². The van der Waals surface area contributed by atoms with E-state index in [2.05, 4.69) is 4.98 Å². The maximum Gasteiger partial charge on any atom is 0.290 e. The number of rotatable bonds is 8. The Morgan fingerprint density at radius 3 is 2.56 bits per heavy atom. The molecule has 1 amide bonds. The number of nitrogens with zero attached hydrogens (tertiary/aromatic N) is 2. The van der Waals surface area contributed by atoms with Crippen LogP contribution in [0.4, 0.5) is 0 Å². The van der Waals surface area contributed by atoms with Crippen LogP contribution in [0.1, 0.15) is 60.3 Å². The number of carbonyl (C=O) groups is 1. The van der Waals surface area contributed by atoms with Crippen LogP contribution in [0.15, 0.2) is 65.4 Å². The Hall–Kier alpha value is -3.28. The van der Waals surface area contributed by atoms with Gasteiger partial charge in [0.1, 0.15) is 0 Å². The van der Waals surface area contributed by atoms with E-state index in [1.807, 2.05) is 36.4 Å². The minimum Gasteiger partial charge on any atom is -0.493 e. The van der Waals surface area contributed by atoms with Crippen LogP contribution in [-0.4, -0.2) is 29.0 Å². The third kappa shape index (κ3) is 5.69. The van der Waals surface area contributed by atoms with E-state index in [9.17, 15) is 4.79 Å². The lowest BCUT2D eigenvalue weighted by atomic mass is 10.1. The highest BCUT2D eigenvalue weighted by Gasteiger charge is 2.21. The van der Waals surface area contributed by atoms with Crippen molar-refractivity contribution in [2.45, 2.75) is 57.7 Å². The lowest BCUT2D eigenvalue weighted by Gasteiger charge is -2.23. The third-order valence-electron chi connectivity index (χ3n) is 5.80. The molecule has 2 heterocycles. The number of hydrogen-bond acceptors (Lipinski definition) is 5. The smallest absolute Gasteiger partial charge is 0.290 e. The highest BCUT2D eigenvalue weighted by molar-refractivity contribution is 5.91. The summed E-state index contributed by atoms with van der Waals surface area (Å²) < 4.78 is 17.3. The summed E-state index contributed by atoms with van der Waals surface area (Å²) in [4.78, 5) is 19.2. The van der Waals surface area contributed by atoms with E-state index in [1.165, 1.54) is 31.9 Å². The summed E-state index contributed by atoms with van der Waals surface area (Å²) in [6.07, 6.45) is 10.6. The number of aromatic nitrogens is 1. The van der Waals surface area contributed by atoms with E-state index in [0.29, 0.717) is 24.6 Å². The monoisotopic (exact) mass is 434 g/mol. The molecule has 0 spiro atoms. The van der Waals surface area contributed by atoms with Gasteiger partial charge in [0, 0.05) is 12.7 Å². The van der Waals surface area contributed by atoms with Crippen molar-refractivity contribution in [3.05, 3.63) is 78.0 Å². The van der Waals surface area contributed by atoms with Crippen LogP contribution < -0.4 is 9.47 Å². The van der Waals surface area contributed by atoms with Gasteiger partial charge in [-0.2, -0.15) is 0 Å². The number of amides is 1. The molecule has 2 aromatic heterocycles. The fourth-order valence-electron chi connectivity index (χ4n) is 4.11. The van der Waals surface area contributed by atoms with Crippen molar-refractivity contribution in [3.63, 3.8) is 0 Å². The summed E-state index contributed by atoms with van der Waals surface area (Å²) >= 11 is 0. The predicted octanol–water partition coefficient (Wildman–Crippen LogP) is 5.63. The van der Waals surface area contributed by atoms with Crippen LogP contribution in [-0.2, 0) is 13.1 Å². The first kappa shape index (κ1) is 21.9. The van der Waals surface area contributed by atoms with Crippen LogP contribution in [0.2, 0.25) is 0 Å². The van der Waals surface area contributed by atoms with Crippen molar-refractivity contribution in [2.24, 2.45) is 0 Å². The molecule has 0 aliphatic heterocycles. The molecule has 6 heteroatoms. The van der Waals surface area contributed by atoms with Gasteiger partial charge in [-0.15, -0.1) is 0 Å². The van der Waals surface area contributed by atoms with E-state index in [4.69, 9.17) is 13.9 Å². The second-order valence-electron chi connectivity index (χ2n) is 8.18. The maximum absolute atomic E-state index is 13.1. The second kappa shape index (κ2) is 10.8.